The largest absolute Gasteiger partial charge is 0.481 e. The van der Waals surface area contributed by atoms with E-state index in [-0.39, 0.29) is 18.0 Å². The number of hydrogen-bond acceptors (Lipinski definition) is 3. The van der Waals surface area contributed by atoms with E-state index in [4.69, 9.17) is 16.7 Å². The summed E-state index contributed by atoms with van der Waals surface area (Å²) < 4.78 is 0. The first kappa shape index (κ1) is 12.0. The number of rotatable bonds is 2. The second-order valence-electron chi connectivity index (χ2n) is 4.79. The van der Waals surface area contributed by atoms with Crippen LogP contribution in [-0.4, -0.2) is 34.0 Å². The summed E-state index contributed by atoms with van der Waals surface area (Å²) in [5, 5.41) is 11.4. The van der Waals surface area contributed by atoms with Gasteiger partial charge in [0.15, 0.2) is 0 Å². The van der Waals surface area contributed by atoms with Gasteiger partial charge in [-0.25, -0.2) is 0 Å². The zero-order valence-corrected chi connectivity index (χ0v) is 11.1. The Labute approximate surface area is 113 Å². The second kappa shape index (κ2) is 4.24. The molecule has 18 heavy (non-hydrogen) atoms. The number of carboxylic acid groups (broad SMARTS) is 1. The fourth-order valence-corrected chi connectivity index (χ4v) is 4.21. The quantitative estimate of drug-likeness (QED) is 0.908. The van der Waals surface area contributed by atoms with E-state index < -0.39 is 11.9 Å². The molecule has 1 aromatic rings. The number of fused-ring (bicyclic) bond motifs is 2. The van der Waals surface area contributed by atoms with Crippen LogP contribution in [0.1, 0.15) is 28.9 Å². The average Bonchev–Trinajstić information content (AvgIpc) is 3.01. The van der Waals surface area contributed by atoms with Crippen molar-refractivity contribution >= 4 is 34.8 Å². The molecule has 96 valence electrons. The predicted molar refractivity (Wildman–Crippen MR) is 68.1 cm³/mol. The van der Waals surface area contributed by atoms with E-state index in [1.54, 1.807) is 16.3 Å². The molecule has 2 aliphatic heterocycles. The summed E-state index contributed by atoms with van der Waals surface area (Å²) in [4.78, 5) is 25.8. The van der Waals surface area contributed by atoms with Gasteiger partial charge in [0, 0.05) is 12.1 Å². The summed E-state index contributed by atoms with van der Waals surface area (Å²) in [7, 11) is 0. The van der Waals surface area contributed by atoms with Crippen molar-refractivity contribution in [1.29, 1.82) is 0 Å². The number of thiophene rings is 1. The summed E-state index contributed by atoms with van der Waals surface area (Å²) in [5.41, 5.74) is 0. The van der Waals surface area contributed by atoms with E-state index in [1.165, 1.54) is 11.3 Å². The van der Waals surface area contributed by atoms with Gasteiger partial charge >= 0.3 is 5.97 Å². The smallest absolute Gasteiger partial charge is 0.308 e. The molecule has 0 aliphatic carbocycles. The van der Waals surface area contributed by atoms with E-state index in [1.807, 2.05) is 0 Å². The van der Waals surface area contributed by atoms with Crippen molar-refractivity contribution in [2.45, 2.75) is 31.3 Å². The van der Waals surface area contributed by atoms with Crippen molar-refractivity contribution in [2.75, 3.05) is 0 Å². The van der Waals surface area contributed by atoms with Crippen LogP contribution in [0.4, 0.5) is 0 Å². The topological polar surface area (TPSA) is 57.6 Å². The molecule has 0 saturated carbocycles. The summed E-state index contributed by atoms with van der Waals surface area (Å²) in [5.74, 6) is -1.31. The number of aliphatic carboxylic acids is 1. The molecule has 1 aromatic heterocycles. The Balaban J connectivity index is 1.88. The number of halogens is 1. The SMILES string of the molecule is O=C(O)C1CC2CCC1N2C(=O)c1sccc1Cl. The minimum absolute atomic E-state index is 0.0711. The summed E-state index contributed by atoms with van der Waals surface area (Å²) in [6.07, 6.45) is 2.27. The number of amides is 1. The Bertz CT molecular complexity index is 515. The molecule has 2 saturated heterocycles. The van der Waals surface area contributed by atoms with Crippen LogP contribution in [0.5, 0.6) is 0 Å². The van der Waals surface area contributed by atoms with E-state index in [2.05, 4.69) is 0 Å². The van der Waals surface area contributed by atoms with Gasteiger partial charge in [-0.3, -0.25) is 9.59 Å². The van der Waals surface area contributed by atoms with Crippen molar-refractivity contribution in [2.24, 2.45) is 5.92 Å². The number of carboxylic acids is 1. The Kier molecular flexibility index (Phi) is 2.83. The molecular formula is C12H12ClNO3S. The molecule has 3 unspecified atom stereocenters. The van der Waals surface area contributed by atoms with Gasteiger partial charge in [0.05, 0.1) is 10.9 Å². The van der Waals surface area contributed by atoms with Crippen LogP contribution in [0.3, 0.4) is 0 Å². The standard InChI is InChI=1S/C12H12ClNO3S/c13-8-3-4-18-10(8)11(15)14-6-1-2-9(14)7(5-6)12(16)17/h3-4,6-7,9H,1-2,5H2,(H,16,17). The molecule has 2 bridgehead atoms. The highest BCUT2D eigenvalue weighted by molar-refractivity contribution is 7.12. The van der Waals surface area contributed by atoms with Crippen molar-refractivity contribution in [3.05, 3.63) is 21.3 Å². The Morgan fingerprint density at radius 2 is 2.22 bits per heavy atom. The first-order chi connectivity index (χ1) is 8.59. The molecule has 6 heteroatoms. The van der Waals surface area contributed by atoms with Crippen LogP contribution in [0, 0.1) is 5.92 Å². The highest BCUT2D eigenvalue weighted by Gasteiger charge is 2.51. The lowest BCUT2D eigenvalue weighted by atomic mass is 9.89. The molecule has 0 aromatic carbocycles. The highest BCUT2D eigenvalue weighted by Crippen LogP contribution is 2.43. The second-order valence-corrected chi connectivity index (χ2v) is 6.11. The zero-order chi connectivity index (χ0) is 12.9. The summed E-state index contributed by atoms with van der Waals surface area (Å²) >= 11 is 7.29. The van der Waals surface area contributed by atoms with E-state index in [9.17, 15) is 9.59 Å². The molecule has 1 amide bonds. The lowest BCUT2D eigenvalue weighted by Crippen LogP contribution is -2.37. The predicted octanol–water partition coefficient (Wildman–Crippen LogP) is 2.48. The van der Waals surface area contributed by atoms with Gasteiger partial charge in [0.2, 0.25) is 0 Å². The molecular weight excluding hydrogens is 274 g/mol. The molecule has 3 heterocycles. The Hall–Kier alpha value is -1.07. The van der Waals surface area contributed by atoms with Crippen molar-refractivity contribution in [3.63, 3.8) is 0 Å². The lowest BCUT2D eigenvalue weighted by Gasteiger charge is -2.22. The lowest BCUT2D eigenvalue weighted by molar-refractivity contribution is -0.142. The maximum absolute atomic E-state index is 12.4. The minimum atomic E-state index is -0.794. The molecule has 0 radical (unpaired) electrons. The normalized spacial score (nSPS) is 29.8. The Morgan fingerprint density at radius 1 is 1.44 bits per heavy atom. The third-order valence-electron chi connectivity index (χ3n) is 3.90. The van der Waals surface area contributed by atoms with E-state index in [0.717, 1.165) is 12.8 Å². The molecule has 0 spiro atoms. The van der Waals surface area contributed by atoms with Gasteiger partial charge in [0.25, 0.3) is 5.91 Å². The minimum Gasteiger partial charge on any atom is -0.481 e. The van der Waals surface area contributed by atoms with E-state index >= 15 is 0 Å². The van der Waals surface area contributed by atoms with Crippen LogP contribution in [0.25, 0.3) is 0 Å². The van der Waals surface area contributed by atoms with Crippen molar-refractivity contribution in [1.82, 2.24) is 4.90 Å². The molecule has 4 nitrogen and oxygen atoms in total. The zero-order valence-electron chi connectivity index (χ0n) is 9.51. The molecule has 2 aliphatic rings. The first-order valence-corrected chi connectivity index (χ1v) is 7.14. The molecule has 2 fully saturated rings. The van der Waals surface area contributed by atoms with Gasteiger partial charge in [-0.15, -0.1) is 11.3 Å². The maximum atomic E-state index is 12.4. The summed E-state index contributed by atoms with van der Waals surface area (Å²) in [6.45, 7) is 0. The maximum Gasteiger partial charge on any atom is 0.308 e. The van der Waals surface area contributed by atoms with Crippen LogP contribution < -0.4 is 0 Å². The molecule has 3 atom stereocenters. The fourth-order valence-electron chi connectivity index (χ4n) is 3.13. The number of carbonyl (C=O) groups is 2. The van der Waals surface area contributed by atoms with Gasteiger partial charge in [-0.1, -0.05) is 11.6 Å². The average molecular weight is 286 g/mol. The van der Waals surface area contributed by atoms with Crippen LogP contribution >= 0.6 is 22.9 Å². The van der Waals surface area contributed by atoms with Crippen molar-refractivity contribution in [3.8, 4) is 0 Å². The molecule has 3 rings (SSSR count). The van der Waals surface area contributed by atoms with Gasteiger partial charge in [-0.05, 0) is 30.7 Å². The number of hydrogen-bond donors (Lipinski definition) is 1. The van der Waals surface area contributed by atoms with Crippen LogP contribution in [0.2, 0.25) is 5.02 Å². The molecule has 1 N–H and O–H groups in total. The van der Waals surface area contributed by atoms with Gasteiger partial charge in [-0.2, -0.15) is 0 Å². The summed E-state index contributed by atoms with van der Waals surface area (Å²) in [6, 6.07) is 1.62. The number of carbonyl (C=O) groups excluding carboxylic acids is 1. The van der Waals surface area contributed by atoms with Crippen molar-refractivity contribution < 1.29 is 14.7 Å². The van der Waals surface area contributed by atoms with Gasteiger partial charge in [0.1, 0.15) is 4.88 Å². The highest BCUT2D eigenvalue weighted by atomic mass is 35.5. The van der Waals surface area contributed by atoms with Crippen LogP contribution in [0.15, 0.2) is 11.4 Å². The van der Waals surface area contributed by atoms with E-state index in [0.29, 0.717) is 16.3 Å². The van der Waals surface area contributed by atoms with Crippen LogP contribution in [-0.2, 0) is 4.79 Å². The first-order valence-electron chi connectivity index (χ1n) is 5.88. The third-order valence-corrected chi connectivity index (χ3v) is 5.23. The van der Waals surface area contributed by atoms with Gasteiger partial charge < -0.3 is 10.0 Å². The monoisotopic (exact) mass is 285 g/mol. The number of nitrogens with zero attached hydrogens (tertiary/aromatic N) is 1. The fraction of sp³-hybridized carbons (Fsp3) is 0.500. The third kappa shape index (κ3) is 1.65. The Morgan fingerprint density at radius 3 is 2.78 bits per heavy atom.